The van der Waals surface area contributed by atoms with Crippen molar-refractivity contribution < 1.29 is 23.9 Å². The molecule has 0 aliphatic heterocycles. The maximum Gasteiger partial charge on any atom is 0.339 e. The second kappa shape index (κ2) is 10.0. The first kappa shape index (κ1) is 20.8. The van der Waals surface area contributed by atoms with Gasteiger partial charge in [0.05, 0.1) is 12.7 Å². The molecule has 30 heavy (non-hydrogen) atoms. The van der Waals surface area contributed by atoms with Crippen molar-refractivity contribution in [1.29, 1.82) is 0 Å². The highest BCUT2D eigenvalue weighted by molar-refractivity contribution is 6.14. The molecule has 0 spiro atoms. The molecule has 3 aromatic rings. The van der Waals surface area contributed by atoms with Crippen molar-refractivity contribution in [2.45, 2.75) is 6.54 Å². The summed E-state index contributed by atoms with van der Waals surface area (Å²) in [6.45, 7) is -0.147. The van der Waals surface area contributed by atoms with Gasteiger partial charge in [0, 0.05) is 17.7 Å². The summed E-state index contributed by atoms with van der Waals surface area (Å²) in [5, 5.41) is 2.68. The number of benzene rings is 3. The van der Waals surface area contributed by atoms with Crippen molar-refractivity contribution in [3.05, 3.63) is 101 Å². The molecule has 0 aliphatic rings. The molecular formula is C24H21NO5. The topological polar surface area (TPSA) is 81.7 Å². The fourth-order valence-corrected chi connectivity index (χ4v) is 2.81. The Morgan fingerprint density at radius 2 is 1.43 bits per heavy atom. The average Bonchev–Trinajstić information content (AvgIpc) is 2.81. The van der Waals surface area contributed by atoms with Crippen LogP contribution in [0.25, 0.3) is 0 Å². The Morgan fingerprint density at radius 3 is 2.10 bits per heavy atom. The van der Waals surface area contributed by atoms with E-state index in [0.717, 1.165) is 11.3 Å². The van der Waals surface area contributed by atoms with Gasteiger partial charge in [0.15, 0.2) is 12.4 Å². The third-order valence-electron chi connectivity index (χ3n) is 4.41. The number of ether oxygens (including phenoxy) is 2. The number of hydrogen-bond donors (Lipinski definition) is 1. The fourth-order valence-electron chi connectivity index (χ4n) is 2.81. The molecule has 152 valence electrons. The van der Waals surface area contributed by atoms with E-state index in [1.54, 1.807) is 61.7 Å². The van der Waals surface area contributed by atoms with Gasteiger partial charge in [-0.25, -0.2) is 4.79 Å². The van der Waals surface area contributed by atoms with Gasteiger partial charge in [-0.2, -0.15) is 0 Å². The van der Waals surface area contributed by atoms with Crippen molar-refractivity contribution in [2.75, 3.05) is 13.7 Å². The SMILES string of the molecule is COc1ccc(CNC(=O)COC(=O)c2ccccc2C(=O)c2ccccc2)cc1. The monoisotopic (exact) mass is 403 g/mol. The lowest BCUT2D eigenvalue weighted by molar-refractivity contribution is -0.124. The highest BCUT2D eigenvalue weighted by Gasteiger charge is 2.19. The Balaban J connectivity index is 1.58. The Labute approximate surface area is 174 Å². The number of amides is 1. The van der Waals surface area contributed by atoms with E-state index in [2.05, 4.69) is 5.32 Å². The number of esters is 1. The van der Waals surface area contributed by atoms with Crippen LogP contribution in [0.3, 0.4) is 0 Å². The minimum Gasteiger partial charge on any atom is -0.497 e. The van der Waals surface area contributed by atoms with E-state index >= 15 is 0 Å². The molecular weight excluding hydrogens is 382 g/mol. The van der Waals surface area contributed by atoms with Crippen LogP contribution in [-0.2, 0) is 16.1 Å². The predicted molar refractivity (Wildman–Crippen MR) is 111 cm³/mol. The van der Waals surface area contributed by atoms with E-state index in [9.17, 15) is 14.4 Å². The number of rotatable bonds is 8. The Morgan fingerprint density at radius 1 is 0.800 bits per heavy atom. The highest BCUT2D eigenvalue weighted by atomic mass is 16.5. The van der Waals surface area contributed by atoms with Gasteiger partial charge in [0.1, 0.15) is 5.75 Å². The number of hydrogen-bond acceptors (Lipinski definition) is 5. The lowest BCUT2D eigenvalue weighted by atomic mass is 9.98. The van der Waals surface area contributed by atoms with Crippen molar-refractivity contribution in [2.24, 2.45) is 0 Å². The average molecular weight is 403 g/mol. The summed E-state index contributed by atoms with van der Waals surface area (Å²) in [7, 11) is 1.58. The van der Waals surface area contributed by atoms with Crippen molar-refractivity contribution in [3.63, 3.8) is 0 Å². The molecule has 0 radical (unpaired) electrons. The van der Waals surface area contributed by atoms with Gasteiger partial charge >= 0.3 is 5.97 Å². The zero-order valence-electron chi connectivity index (χ0n) is 16.5. The Kier molecular flexibility index (Phi) is 6.95. The first-order valence-corrected chi connectivity index (χ1v) is 9.34. The van der Waals surface area contributed by atoms with Crippen LogP contribution in [0.1, 0.15) is 31.8 Å². The van der Waals surface area contributed by atoms with Crippen molar-refractivity contribution >= 4 is 17.7 Å². The number of carbonyl (C=O) groups excluding carboxylic acids is 3. The van der Waals surface area contributed by atoms with E-state index < -0.39 is 18.5 Å². The second-order valence-corrected chi connectivity index (χ2v) is 6.44. The van der Waals surface area contributed by atoms with Crippen LogP contribution in [0.5, 0.6) is 5.75 Å². The van der Waals surface area contributed by atoms with Gasteiger partial charge in [-0.15, -0.1) is 0 Å². The summed E-state index contributed by atoms with van der Waals surface area (Å²) in [4.78, 5) is 37.2. The molecule has 0 heterocycles. The normalized spacial score (nSPS) is 10.2. The molecule has 6 heteroatoms. The molecule has 0 atom stereocenters. The summed E-state index contributed by atoms with van der Waals surface area (Å²) >= 11 is 0. The maximum absolute atomic E-state index is 12.7. The summed E-state index contributed by atoms with van der Waals surface area (Å²) in [5.41, 5.74) is 1.70. The lowest BCUT2D eigenvalue weighted by Crippen LogP contribution is -2.28. The minimum absolute atomic E-state index is 0.120. The molecule has 1 amide bonds. The number of carbonyl (C=O) groups is 3. The van der Waals surface area contributed by atoms with Crippen LogP contribution < -0.4 is 10.1 Å². The third kappa shape index (κ3) is 5.32. The van der Waals surface area contributed by atoms with Crippen LogP contribution in [0.4, 0.5) is 0 Å². The zero-order chi connectivity index (χ0) is 21.3. The summed E-state index contributed by atoms with van der Waals surface area (Å²) in [6.07, 6.45) is 0. The number of nitrogens with one attached hydrogen (secondary N) is 1. The van der Waals surface area contributed by atoms with Gasteiger partial charge < -0.3 is 14.8 Å². The van der Waals surface area contributed by atoms with E-state index in [1.165, 1.54) is 6.07 Å². The maximum atomic E-state index is 12.7. The molecule has 0 unspecified atom stereocenters. The van der Waals surface area contributed by atoms with Crippen LogP contribution in [-0.4, -0.2) is 31.4 Å². The second-order valence-electron chi connectivity index (χ2n) is 6.44. The molecule has 0 bridgehead atoms. The van der Waals surface area contributed by atoms with Crippen molar-refractivity contribution in [1.82, 2.24) is 5.32 Å². The van der Waals surface area contributed by atoms with Gasteiger partial charge in [-0.1, -0.05) is 60.7 Å². The quantitative estimate of drug-likeness (QED) is 0.461. The molecule has 0 fully saturated rings. The molecule has 6 nitrogen and oxygen atoms in total. The molecule has 0 aliphatic carbocycles. The minimum atomic E-state index is -0.727. The number of ketones is 1. The number of methoxy groups -OCH3 is 1. The fraction of sp³-hybridized carbons (Fsp3) is 0.125. The molecule has 0 saturated heterocycles. The van der Waals surface area contributed by atoms with Gasteiger partial charge in [-0.3, -0.25) is 9.59 Å². The molecule has 3 rings (SSSR count). The smallest absolute Gasteiger partial charge is 0.339 e. The largest absolute Gasteiger partial charge is 0.497 e. The Hall–Kier alpha value is -3.93. The first-order valence-electron chi connectivity index (χ1n) is 9.34. The molecule has 1 N–H and O–H groups in total. The van der Waals surface area contributed by atoms with E-state index in [1.807, 2.05) is 18.2 Å². The highest BCUT2D eigenvalue weighted by Crippen LogP contribution is 2.16. The van der Waals surface area contributed by atoms with Crippen LogP contribution in [0.2, 0.25) is 0 Å². The standard InChI is InChI=1S/C24H21NO5/c1-29-19-13-11-17(12-14-19)15-25-22(26)16-30-24(28)21-10-6-5-9-20(21)23(27)18-7-3-2-4-8-18/h2-14H,15-16H2,1H3,(H,25,26). The van der Waals surface area contributed by atoms with E-state index in [-0.39, 0.29) is 16.9 Å². The van der Waals surface area contributed by atoms with E-state index in [0.29, 0.717) is 12.1 Å². The molecule has 0 aromatic heterocycles. The first-order chi connectivity index (χ1) is 14.6. The van der Waals surface area contributed by atoms with Crippen LogP contribution in [0.15, 0.2) is 78.9 Å². The van der Waals surface area contributed by atoms with E-state index in [4.69, 9.17) is 9.47 Å². The summed E-state index contributed by atoms with van der Waals surface area (Å²) < 4.78 is 10.2. The van der Waals surface area contributed by atoms with Crippen LogP contribution in [0, 0.1) is 0 Å². The van der Waals surface area contributed by atoms with Gasteiger partial charge in [0.25, 0.3) is 5.91 Å². The summed E-state index contributed by atoms with van der Waals surface area (Å²) in [5.74, 6) is -0.727. The van der Waals surface area contributed by atoms with Crippen LogP contribution >= 0.6 is 0 Å². The van der Waals surface area contributed by atoms with Gasteiger partial charge in [-0.05, 0) is 23.8 Å². The van der Waals surface area contributed by atoms with Crippen molar-refractivity contribution in [3.8, 4) is 5.75 Å². The summed E-state index contributed by atoms with van der Waals surface area (Å²) in [6, 6.07) is 22.3. The van der Waals surface area contributed by atoms with Gasteiger partial charge in [0.2, 0.25) is 0 Å². The third-order valence-corrected chi connectivity index (χ3v) is 4.41. The molecule has 3 aromatic carbocycles. The predicted octanol–water partition coefficient (Wildman–Crippen LogP) is 3.40. The Bertz CT molecular complexity index is 1030. The molecule has 0 saturated carbocycles. The zero-order valence-corrected chi connectivity index (χ0v) is 16.5. The lowest BCUT2D eigenvalue weighted by Gasteiger charge is -2.10.